The summed E-state index contributed by atoms with van der Waals surface area (Å²) in [6, 6.07) is 0. The molecule has 2 heterocycles. The highest BCUT2D eigenvalue weighted by Crippen LogP contribution is 2.44. The van der Waals surface area contributed by atoms with Crippen molar-refractivity contribution >= 4 is 17.8 Å². The minimum absolute atomic E-state index is 0.118. The van der Waals surface area contributed by atoms with Crippen LogP contribution in [0.2, 0.25) is 0 Å². The van der Waals surface area contributed by atoms with Crippen LogP contribution in [0.25, 0.3) is 0 Å². The van der Waals surface area contributed by atoms with Gasteiger partial charge in [0.25, 0.3) is 5.91 Å². The lowest BCUT2D eigenvalue weighted by atomic mass is 9.75. The molecule has 0 bridgehead atoms. The Hall–Kier alpha value is -1.63. The zero-order valence-electron chi connectivity index (χ0n) is 15.8. The first-order chi connectivity index (χ1) is 12.4. The van der Waals surface area contributed by atoms with Crippen LogP contribution in [0.5, 0.6) is 0 Å². The number of piperidine rings is 1. The Morgan fingerprint density at radius 1 is 1.19 bits per heavy atom. The molecule has 2 saturated heterocycles. The highest BCUT2D eigenvalue weighted by atomic mass is 16.5. The molecule has 1 spiro atoms. The van der Waals surface area contributed by atoms with Crippen LogP contribution in [0.4, 0.5) is 0 Å². The number of rotatable bonds is 3. The van der Waals surface area contributed by atoms with Crippen molar-refractivity contribution in [3.63, 3.8) is 0 Å². The fourth-order valence-corrected chi connectivity index (χ4v) is 5.01. The van der Waals surface area contributed by atoms with Gasteiger partial charge >= 0.3 is 5.97 Å². The normalized spacial score (nSPS) is 29.3. The zero-order valence-corrected chi connectivity index (χ0v) is 15.8. The van der Waals surface area contributed by atoms with Crippen LogP contribution < -0.4 is 0 Å². The number of aliphatic hydroxyl groups is 1. The van der Waals surface area contributed by atoms with E-state index in [1.165, 1.54) is 11.3 Å². The lowest BCUT2D eigenvalue weighted by Gasteiger charge is -2.46. The maximum atomic E-state index is 12.8. The smallest absolute Gasteiger partial charge is 0.314 e. The first kappa shape index (κ1) is 19.1. The number of likely N-dealkylation sites (tertiary alicyclic amines) is 2. The summed E-state index contributed by atoms with van der Waals surface area (Å²) in [5.41, 5.74) is -0.758. The van der Waals surface area contributed by atoms with Crippen LogP contribution in [-0.4, -0.2) is 71.1 Å². The zero-order chi connectivity index (χ0) is 18.9. The van der Waals surface area contributed by atoms with Gasteiger partial charge in [-0.2, -0.15) is 0 Å². The number of nitrogens with zero attached hydrogens (tertiary/aromatic N) is 2. The minimum Gasteiger partial charge on any atom is -0.466 e. The molecule has 0 aromatic carbocycles. The van der Waals surface area contributed by atoms with Crippen molar-refractivity contribution in [3.8, 4) is 0 Å². The van der Waals surface area contributed by atoms with Crippen molar-refractivity contribution in [2.45, 2.75) is 63.5 Å². The van der Waals surface area contributed by atoms with Gasteiger partial charge in [-0.15, -0.1) is 0 Å². The molecule has 2 amide bonds. The van der Waals surface area contributed by atoms with Crippen molar-refractivity contribution in [1.29, 1.82) is 0 Å². The van der Waals surface area contributed by atoms with Crippen LogP contribution in [-0.2, 0) is 19.1 Å². The van der Waals surface area contributed by atoms with Gasteiger partial charge in [0.05, 0.1) is 12.1 Å². The molecule has 0 unspecified atom stereocenters. The lowest BCUT2D eigenvalue weighted by molar-refractivity contribution is -0.156. The van der Waals surface area contributed by atoms with Crippen LogP contribution in [0.3, 0.4) is 0 Å². The van der Waals surface area contributed by atoms with E-state index < -0.39 is 29.4 Å². The Bertz CT molecular complexity index is 564. The van der Waals surface area contributed by atoms with E-state index in [4.69, 9.17) is 4.74 Å². The topological polar surface area (TPSA) is 87.2 Å². The molecular formula is C19H30N2O5. The summed E-state index contributed by atoms with van der Waals surface area (Å²) in [6.07, 6.45) is 4.98. The molecule has 0 radical (unpaired) electrons. The van der Waals surface area contributed by atoms with Gasteiger partial charge in [0, 0.05) is 26.1 Å². The summed E-state index contributed by atoms with van der Waals surface area (Å²) in [5, 5.41) is 10.3. The molecule has 0 aromatic rings. The summed E-state index contributed by atoms with van der Waals surface area (Å²) in [6.45, 7) is 2.94. The Morgan fingerprint density at radius 3 is 2.38 bits per heavy atom. The number of esters is 1. The summed E-state index contributed by atoms with van der Waals surface area (Å²) in [5.74, 6) is -1.52. The lowest BCUT2D eigenvalue weighted by Crippen LogP contribution is -2.58. The largest absolute Gasteiger partial charge is 0.466 e. The van der Waals surface area contributed by atoms with E-state index in [0.717, 1.165) is 25.7 Å². The maximum absolute atomic E-state index is 12.8. The fraction of sp³-hybridized carbons (Fsp3) is 0.842. The molecule has 3 rings (SSSR count). The molecule has 7 heteroatoms. The molecule has 0 aromatic heterocycles. The molecule has 146 valence electrons. The molecule has 2 atom stereocenters. The van der Waals surface area contributed by atoms with Gasteiger partial charge in [-0.25, -0.2) is 0 Å². The summed E-state index contributed by atoms with van der Waals surface area (Å²) < 4.78 is 5.13. The van der Waals surface area contributed by atoms with Crippen molar-refractivity contribution < 1.29 is 24.2 Å². The van der Waals surface area contributed by atoms with E-state index >= 15 is 0 Å². The number of ether oxygens (including phenoxy) is 1. The van der Waals surface area contributed by atoms with Gasteiger partial charge in [-0.05, 0) is 32.6 Å². The molecule has 3 aliphatic rings. The average Bonchev–Trinajstić information content (AvgIpc) is 2.84. The van der Waals surface area contributed by atoms with E-state index in [2.05, 4.69) is 0 Å². The predicted octanol–water partition coefficient (Wildman–Crippen LogP) is 0.940. The molecule has 1 aliphatic carbocycles. The first-order valence-electron chi connectivity index (χ1n) is 9.83. The summed E-state index contributed by atoms with van der Waals surface area (Å²) >= 11 is 0. The molecule has 2 aliphatic heterocycles. The SMILES string of the molecule is CCOC(=O)[C@H]1[C@@H](O)C(=O)N(C)C12CCN(C(=O)C1CCCCC1)CC2. The van der Waals surface area contributed by atoms with Crippen molar-refractivity contribution in [2.24, 2.45) is 11.8 Å². The molecule has 1 N–H and O–H groups in total. The Kier molecular flexibility index (Phi) is 5.55. The van der Waals surface area contributed by atoms with E-state index in [0.29, 0.717) is 25.9 Å². The molecular weight excluding hydrogens is 336 g/mol. The first-order valence-corrected chi connectivity index (χ1v) is 9.83. The van der Waals surface area contributed by atoms with Gasteiger partial charge in [0.15, 0.2) is 0 Å². The van der Waals surface area contributed by atoms with E-state index in [9.17, 15) is 19.5 Å². The quantitative estimate of drug-likeness (QED) is 0.751. The third-order valence-electron chi connectivity index (χ3n) is 6.58. The standard InChI is InChI=1S/C19H30N2O5/c1-3-26-18(25)14-15(22)17(24)20(2)19(14)9-11-21(12-10-19)16(23)13-7-5-4-6-8-13/h13-15,22H,3-12H2,1-2H3/t14-,15-/m1/s1. The number of likely N-dealkylation sites (N-methyl/N-ethyl adjacent to an activating group) is 1. The van der Waals surface area contributed by atoms with Gasteiger partial charge in [0.2, 0.25) is 5.91 Å². The highest BCUT2D eigenvalue weighted by Gasteiger charge is 2.61. The van der Waals surface area contributed by atoms with Gasteiger partial charge in [0.1, 0.15) is 12.0 Å². The van der Waals surface area contributed by atoms with E-state index in [1.807, 2.05) is 4.90 Å². The monoisotopic (exact) mass is 366 g/mol. The average molecular weight is 366 g/mol. The molecule has 3 fully saturated rings. The minimum atomic E-state index is -1.36. The third kappa shape index (κ3) is 3.10. The summed E-state index contributed by atoms with van der Waals surface area (Å²) in [7, 11) is 1.64. The highest BCUT2D eigenvalue weighted by molar-refractivity contribution is 5.92. The van der Waals surface area contributed by atoms with Crippen LogP contribution in [0.15, 0.2) is 0 Å². The Balaban J connectivity index is 1.73. The maximum Gasteiger partial charge on any atom is 0.314 e. The van der Waals surface area contributed by atoms with E-state index in [-0.39, 0.29) is 18.4 Å². The van der Waals surface area contributed by atoms with Crippen LogP contribution in [0.1, 0.15) is 51.9 Å². The Morgan fingerprint density at radius 2 is 1.81 bits per heavy atom. The number of carbonyl (C=O) groups is 3. The van der Waals surface area contributed by atoms with Crippen molar-refractivity contribution in [3.05, 3.63) is 0 Å². The van der Waals surface area contributed by atoms with Gasteiger partial charge in [-0.1, -0.05) is 19.3 Å². The second-order valence-corrected chi connectivity index (χ2v) is 7.84. The molecule has 1 saturated carbocycles. The number of carbonyl (C=O) groups excluding carboxylic acids is 3. The van der Waals surface area contributed by atoms with Crippen LogP contribution >= 0.6 is 0 Å². The Labute approximate surface area is 154 Å². The van der Waals surface area contributed by atoms with Crippen LogP contribution in [0, 0.1) is 11.8 Å². The summed E-state index contributed by atoms with van der Waals surface area (Å²) in [4.78, 5) is 41.0. The third-order valence-corrected chi connectivity index (χ3v) is 6.58. The van der Waals surface area contributed by atoms with E-state index in [1.54, 1.807) is 14.0 Å². The molecule has 7 nitrogen and oxygen atoms in total. The van der Waals surface area contributed by atoms with Gasteiger partial charge in [-0.3, -0.25) is 14.4 Å². The number of aliphatic hydroxyl groups excluding tert-OH is 1. The van der Waals surface area contributed by atoms with Crippen molar-refractivity contribution in [1.82, 2.24) is 9.80 Å². The van der Waals surface area contributed by atoms with Crippen molar-refractivity contribution in [2.75, 3.05) is 26.7 Å². The molecule has 26 heavy (non-hydrogen) atoms. The number of hydrogen-bond acceptors (Lipinski definition) is 5. The second kappa shape index (κ2) is 7.55. The second-order valence-electron chi connectivity index (χ2n) is 7.84. The fourth-order valence-electron chi connectivity index (χ4n) is 5.01. The predicted molar refractivity (Wildman–Crippen MR) is 94.0 cm³/mol. The number of amides is 2. The number of hydrogen-bond donors (Lipinski definition) is 1. The van der Waals surface area contributed by atoms with Gasteiger partial charge < -0.3 is 19.6 Å².